The standard InChI is InChI=1S/C16H24N2O/c1-4-18(11-12(2)3)16(19)14-9-13-7-5-6-8-15(13)17-10-14/h5-8,12,14,17H,4,9-11H2,1-3H3. The predicted molar refractivity (Wildman–Crippen MR) is 79.2 cm³/mol. The first kappa shape index (κ1) is 13.9. The van der Waals surface area contributed by atoms with Crippen LogP contribution in [0.5, 0.6) is 0 Å². The average Bonchev–Trinajstić information content (AvgIpc) is 2.43. The number of hydrogen-bond acceptors (Lipinski definition) is 2. The number of nitrogens with one attached hydrogen (secondary N) is 1. The Kier molecular flexibility index (Phi) is 4.46. The first-order valence-corrected chi connectivity index (χ1v) is 7.22. The molecule has 1 atom stereocenters. The summed E-state index contributed by atoms with van der Waals surface area (Å²) in [6.07, 6.45) is 0.858. The van der Waals surface area contributed by atoms with E-state index < -0.39 is 0 Å². The van der Waals surface area contributed by atoms with Crippen molar-refractivity contribution in [2.24, 2.45) is 11.8 Å². The molecule has 19 heavy (non-hydrogen) atoms. The molecule has 0 aromatic heterocycles. The van der Waals surface area contributed by atoms with Gasteiger partial charge in [0.15, 0.2) is 0 Å². The highest BCUT2D eigenvalue weighted by Crippen LogP contribution is 2.25. The van der Waals surface area contributed by atoms with Gasteiger partial charge in [0.2, 0.25) is 5.91 Å². The summed E-state index contributed by atoms with van der Waals surface area (Å²) in [7, 11) is 0. The maximum atomic E-state index is 12.6. The lowest BCUT2D eigenvalue weighted by atomic mass is 9.92. The summed E-state index contributed by atoms with van der Waals surface area (Å²) in [5.74, 6) is 0.888. The molecule has 0 saturated carbocycles. The van der Waals surface area contributed by atoms with Gasteiger partial charge in [-0.2, -0.15) is 0 Å². The lowest BCUT2D eigenvalue weighted by Gasteiger charge is -2.31. The van der Waals surface area contributed by atoms with Crippen LogP contribution >= 0.6 is 0 Å². The minimum Gasteiger partial charge on any atom is -0.384 e. The molecule has 0 radical (unpaired) electrons. The van der Waals surface area contributed by atoms with Crippen LogP contribution in [0.4, 0.5) is 5.69 Å². The van der Waals surface area contributed by atoms with Crippen LogP contribution in [0.1, 0.15) is 26.3 Å². The van der Waals surface area contributed by atoms with Crippen molar-refractivity contribution < 1.29 is 4.79 Å². The van der Waals surface area contributed by atoms with Gasteiger partial charge in [-0.15, -0.1) is 0 Å². The number of carbonyl (C=O) groups is 1. The second-order valence-electron chi connectivity index (χ2n) is 5.71. The molecule has 104 valence electrons. The summed E-state index contributed by atoms with van der Waals surface area (Å²) in [4.78, 5) is 14.6. The summed E-state index contributed by atoms with van der Waals surface area (Å²) >= 11 is 0. The molecule has 1 unspecified atom stereocenters. The molecule has 1 heterocycles. The smallest absolute Gasteiger partial charge is 0.227 e. The van der Waals surface area contributed by atoms with Crippen LogP contribution in [0.25, 0.3) is 0 Å². The van der Waals surface area contributed by atoms with Gasteiger partial charge in [0.1, 0.15) is 0 Å². The van der Waals surface area contributed by atoms with Gasteiger partial charge in [-0.05, 0) is 30.9 Å². The minimum atomic E-state index is 0.0774. The molecule has 0 fully saturated rings. The molecular formula is C16H24N2O. The first-order chi connectivity index (χ1) is 9.11. The molecule has 1 N–H and O–H groups in total. The van der Waals surface area contributed by atoms with Gasteiger partial charge in [0.25, 0.3) is 0 Å². The number of para-hydroxylation sites is 1. The molecule has 1 aliphatic rings. The molecule has 2 rings (SSSR count). The molecule has 3 heteroatoms. The molecule has 1 aromatic rings. The van der Waals surface area contributed by atoms with Crippen LogP contribution in [0.3, 0.4) is 0 Å². The van der Waals surface area contributed by atoms with E-state index in [2.05, 4.69) is 38.2 Å². The fourth-order valence-electron chi connectivity index (χ4n) is 2.69. The van der Waals surface area contributed by atoms with Gasteiger partial charge in [0, 0.05) is 25.3 Å². The third kappa shape index (κ3) is 3.28. The van der Waals surface area contributed by atoms with Gasteiger partial charge in [-0.25, -0.2) is 0 Å². The van der Waals surface area contributed by atoms with E-state index in [4.69, 9.17) is 0 Å². The average molecular weight is 260 g/mol. The zero-order valence-corrected chi connectivity index (χ0v) is 12.1. The lowest BCUT2D eigenvalue weighted by Crippen LogP contribution is -2.42. The Morgan fingerprint density at radius 3 is 2.84 bits per heavy atom. The van der Waals surface area contributed by atoms with E-state index in [-0.39, 0.29) is 5.92 Å². The fourth-order valence-corrected chi connectivity index (χ4v) is 2.69. The van der Waals surface area contributed by atoms with Gasteiger partial charge < -0.3 is 10.2 Å². The van der Waals surface area contributed by atoms with Crippen LogP contribution in [-0.4, -0.2) is 30.4 Å². The van der Waals surface area contributed by atoms with Crippen molar-refractivity contribution in [3.8, 4) is 0 Å². The van der Waals surface area contributed by atoms with E-state index >= 15 is 0 Å². The number of anilines is 1. The summed E-state index contributed by atoms with van der Waals surface area (Å²) in [5, 5.41) is 3.38. The van der Waals surface area contributed by atoms with Crippen LogP contribution in [0, 0.1) is 11.8 Å². The van der Waals surface area contributed by atoms with Crippen molar-refractivity contribution in [3.05, 3.63) is 29.8 Å². The molecular weight excluding hydrogens is 236 g/mol. The zero-order valence-electron chi connectivity index (χ0n) is 12.1. The second-order valence-corrected chi connectivity index (χ2v) is 5.71. The van der Waals surface area contributed by atoms with Crippen molar-refractivity contribution in [1.82, 2.24) is 4.90 Å². The molecule has 1 aliphatic heterocycles. The molecule has 0 spiro atoms. The van der Waals surface area contributed by atoms with Crippen molar-refractivity contribution in [1.29, 1.82) is 0 Å². The number of amides is 1. The fraction of sp³-hybridized carbons (Fsp3) is 0.562. The maximum absolute atomic E-state index is 12.6. The number of nitrogens with zero attached hydrogens (tertiary/aromatic N) is 1. The molecule has 0 aliphatic carbocycles. The third-order valence-electron chi connectivity index (χ3n) is 3.65. The predicted octanol–water partition coefficient (Wildman–Crippen LogP) is 2.78. The maximum Gasteiger partial charge on any atom is 0.227 e. The highest BCUT2D eigenvalue weighted by Gasteiger charge is 2.27. The quantitative estimate of drug-likeness (QED) is 0.903. The summed E-state index contributed by atoms with van der Waals surface area (Å²) < 4.78 is 0. The van der Waals surface area contributed by atoms with E-state index in [9.17, 15) is 4.79 Å². The normalized spacial score (nSPS) is 17.8. The Morgan fingerprint density at radius 2 is 2.16 bits per heavy atom. The highest BCUT2D eigenvalue weighted by atomic mass is 16.2. The Labute approximate surface area is 116 Å². The third-order valence-corrected chi connectivity index (χ3v) is 3.65. The van der Waals surface area contributed by atoms with E-state index in [1.54, 1.807) is 0 Å². The van der Waals surface area contributed by atoms with Crippen molar-refractivity contribution >= 4 is 11.6 Å². The number of fused-ring (bicyclic) bond motifs is 1. The number of carbonyl (C=O) groups excluding carboxylic acids is 1. The van der Waals surface area contributed by atoms with Crippen molar-refractivity contribution in [2.75, 3.05) is 25.0 Å². The van der Waals surface area contributed by atoms with Crippen LogP contribution in [0.2, 0.25) is 0 Å². The van der Waals surface area contributed by atoms with Crippen LogP contribution < -0.4 is 5.32 Å². The van der Waals surface area contributed by atoms with E-state index in [0.29, 0.717) is 11.8 Å². The first-order valence-electron chi connectivity index (χ1n) is 7.22. The topological polar surface area (TPSA) is 32.3 Å². The zero-order chi connectivity index (χ0) is 13.8. The molecule has 3 nitrogen and oxygen atoms in total. The van der Waals surface area contributed by atoms with E-state index in [1.165, 1.54) is 11.3 Å². The van der Waals surface area contributed by atoms with Crippen molar-refractivity contribution in [3.63, 3.8) is 0 Å². The Morgan fingerprint density at radius 1 is 1.42 bits per heavy atom. The second kappa shape index (κ2) is 6.09. The van der Waals surface area contributed by atoms with Gasteiger partial charge in [-0.3, -0.25) is 4.79 Å². The summed E-state index contributed by atoms with van der Waals surface area (Å²) in [6.45, 7) is 8.78. The molecule has 0 saturated heterocycles. The van der Waals surface area contributed by atoms with Gasteiger partial charge in [-0.1, -0.05) is 32.0 Å². The van der Waals surface area contributed by atoms with Crippen LogP contribution in [0.15, 0.2) is 24.3 Å². The number of benzene rings is 1. The molecule has 1 aromatic carbocycles. The van der Waals surface area contributed by atoms with Crippen LogP contribution in [-0.2, 0) is 11.2 Å². The summed E-state index contributed by atoms with van der Waals surface area (Å²) in [6, 6.07) is 8.27. The minimum absolute atomic E-state index is 0.0774. The SMILES string of the molecule is CCN(CC(C)C)C(=O)C1CNc2ccccc2C1. The molecule has 0 bridgehead atoms. The largest absolute Gasteiger partial charge is 0.384 e. The number of rotatable bonds is 4. The van der Waals surface area contributed by atoms with Gasteiger partial charge >= 0.3 is 0 Å². The van der Waals surface area contributed by atoms with Gasteiger partial charge in [0.05, 0.1) is 5.92 Å². The van der Waals surface area contributed by atoms with E-state index in [1.807, 2.05) is 17.0 Å². The monoisotopic (exact) mass is 260 g/mol. The highest BCUT2D eigenvalue weighted by molar-refractivity contribution is 5.81. The Hall–Kier alpha value is -1.51. The van der Waals surface area contributed by atoms with Crippen molar-refractivity contribution in [2.45, 2.75) is 27.2 Å². The summed E-state index contributed by atoms with van der Waals surface area (Å²) in [5.41, 5.74) is 2.44. The molecule has 1 amide bonds. The number of hydrogen-bond donors (Lipinski definition) is 1. The Balaban J connectivity index is 2.05. The lowest BCUT2D eigenvalue weighted by molar-refractivity contribution is -0.135. The van der Waals surface area contributed by atoms with E-state index in [0.717, 1.165) is 26.1 Å². The Bertz CT molecular complexity index is 442.